The van der Waals surface area contributed by atoms with Crippen LogP contribution < -0.4 is 4.74 Å². The molecule has 1 aliphatic heterocycles. The van der Waals surface area contributed by atoms with Gasteiger partial charge in [-0.25, -0.2) is 0 Å². The molecule has 29 heavy (non-hydrogen) atoms. The van der Waals surface area contributed by atoms with E-state index < -0.39 is 4.92 Å². The molecule has 7 nitrogen and oxygen atoms in total. The second-order valence-corrected chi connectivity index (χ2v) is 7.51. The minimum absolute atomic E-state index is 0.182. The first kappa shape index (κ1) is 19.1. The van der Waals surface area contributed by atoms with Crippen molar-refractivity contribution in [3.63, 3.8) is 0 Å². The average Bonchev–Trinajstić information content (AvgIpc) is 3.16. The molecule has 0 fully saturated rings. The summed E-state index contributed by atoms with van der Waals surface area (Å²) in [4.78, 5) is 14.2. The van der Waals surface area contributed by atoms with Gasteiger partial charge in [0.25, 0.3) is 0 Å². The molecule has 0 saturated heterocycles. The van der Waals surface area contributed by atoms with Gasteiger partial charge in [0.15, 0.2) is 0 Å². The fourth-order valence-corrected chi connectivity index (χ4v) is 3.34. The third-order valence-electron chi connectivity index (χ3n) is 5.04. The topological polar surface area (TPSA) is 79.4 Å². The average molecular weight is 393 g/mol. The Hall–Kier alpha value is -3.19. The second-order valence-electron chi connectivity index (χ2n) is 7.51. The van der Waals surface area contributed by atoms with Crippen molar-refractivity contribution in [2.45, 2.75) is 39.0 Å². The Labute approximate surface area is 169 Å². The molecule has 0 amide bonds. The van der Waals surface area contributed by atoms with Gasteiger partial charge in [-0.3, -0.25) is 4.57 Å². The van der Waals surface area contributed by atoms with Gasteiger partial charge < -0.3 is 19.6 Å². The summed E-state index contributed by atoms with van der Waals surface area (Å²) in [5, 5.41) is 10.8. The van der Waals surface area contributed by atoms with E-state index in [9.17, 15) is 10.1 Å². The summed E-state index contributed by atoms with van der Waals surface area (Å²) in [6.45, 7) is 5.65. The van der Waals surface area contributed by atoms with Crippen LogP contribution in [0, 0.1) is 10.1 Å². The van der Waals surface area contributed by atoms with Crippen LogP contribution >= 0.6 is 0 Å². The molecule has 1 aromatic heterocycles. The molecule has 4 rings (SSSR count). The van der Waals surface area contributed by atoms with Gasteiger partial charge in [-0.05, 0) is 33.1 Å². The van der Waals surface area contributed by atoms with Gasteiger partial charge in [-0.15, -0.1) is 0 Å². The summed E-state index contributed by atoms with van der Waals surface area (Å²) in [7, 11) is 0. The summed E-state index contributed by atoms with van der Waals surface area (Å²) in [5.41, 5.74) is 4.77. The highest BCUT2D eigenvalue weighted by Gasteiger charge is 2.28. The van der Waals surface area contributed by atoms with Crippen molar-refractivity contribution in [3.8, 4) is 17.1 Å². The number of nitrogens with zero attached hydrogens (tertiary/aromatic N) is 3. The fraction of sp³-hybridized carbons (Fsp3) is 0.318. The van der Waals surface area contributed by atoms with E-state index in [0.717, 1.165) is 5.56 Å². The molecule has 0 N–H and O–H groups in total. The Morgan fingerprint density at radius 2 is 2.03 bits per heavy atom. The molecule has 1 aliphatic rings. The van der Waals surface area contributed by atoms with E-state index in [1.165, 1.54) is 22.9 Å². The van der Waals surface area contributed by atoms with Gasteiger partial charge in [0.1, 0.15) is 18.9 Å². The zero-order chi connectivity index (χ0) is 20.4. The number of hydrogen-bond donors (Lipinski definition) is 0. The van der Waals surface area contributed by atoms with Gasteiger partial charge in [0.2, 0.25) is 0 Å². The first-order valence-electron chi connectivity index (χ1n) is 9.65. The SMILES string of the molecule is CC(C)c1cccc(-c2ccc(CO[C@@H]3COc4nc([N+](=O)[O-])cn4C3)cc2)c1. The highest BCUT2D eigenvalue weighted by Crippen LogP contribution is 2.25. The molecule has 0 aliphatic carbocycles. The lowest BCUT2D eigenvalue weighted by molar-refractivity contribution is -0.389. The fourth-order valence-electron chi connectivity index (χ4n) is 3.34. The van der Waals surface area contributed by atoms with E-state index in [1.807, 2.05) is 0 Å². The summed E-state index contributed by atoms with van der Waals surface area (Å²) in [5.74, 6) is 0.288. The van der Waals surface area contributed by atoms with E-state index in [-0.39, 0.29) is 17.9 Å². The van der Waals surface area contributed by atoms with Crippen molar-refractivity contribution in [1.29, 1.82) is 0 Å². The summed E-state index contributed by atoms with van der Waals surface area (Å²) < 4.78 is 13.1. The molecular weight excluding hydrogens is 370 g/mol. The normalized spacial score (nSPS) is 15.8. The van der Waals surface area contributed by atoms with Crippen LogP contribution in [0.15, 0.2) is 54.7 Å². The Morgan fingerprint density at radius 3 is 2.76 bits per heavy atom. The van der Waals surface area contributed by atoms with E-state index in [4.69, 9.17) is 9.47 Å². The zero-order valence-corrected chi connectivity index (χ0v) is 16.4. The second kappa shape index (κ2) is 8.05. The maximum absolute atomic E-state index is 10.8. The third kappa shape index (κ3) is 4.30. The Kier molecular flexibility index (Phi) is 5.31. The highest BCUT2D eigenvalue weighted by molar-refractivity contribution is 5.64. The van der Waals surface area contributed by atoms with E-state index >= 15 is 0 Å². The largest absolute Gasteiger partial charge is 0.443 e. The Balaban J connectivity index is 1.37. The number of benzene rings is 2. The molecular formula is C22H23N3O4. The molecule has 2 aromatic carbocycles. The van der Waals surface area contributed by atoms with E-state index in [1.54, 1.807) is 4.57 Å². The summed E-state index contributed by atoms with van der Waals surface area (Å²) in [6, 6.07) is 17.2. The van der Waals surface area contributed by atoms with Crippen LogP contribution in [0.1, 0.15) is 30.9 Å². The van der Waals surface area contributed by atoms with Crippen molar-refractivity contribution >= 4 is 5.82 Å². The standard InChI is InChI=1S/C22H23N3O4/c1-15(2)18-4-3-5-19(10-18)17-8-6-16(7-9-17)13-28-20-11-24-12-21(25(26)27)23-22(24)29-14-20/h3-10,12,15,20H,11,13-14H2,1-2H3/t20-/m0/s1. The molecule has 0 saturated carbocycles. The number of ether oxygens (including phenoxy) is 2. The highest BCUT2D eigenvalue weighted by atomic mass is 16.6. The lowest BCUT2D eigenvalue weighted by Crippen LogP contribution is -2.32. The van der Waals surface area contributed by atoms with Crippen molar-refractivity contribution in [2.75, 3.05) is 6.61 Å². The van der Waals surface area contributed by atoms with Gasteiger partial charge in [0, 0.05) is 4.98 Å². The number of fused-ring (bicyclic) bond motifs is 1. The Bertz CT molecular complexity index is 1010. The predicted molar refractivity (Wildman–Crippen MR) is 109 cm³/mol. The maximum Gasteiger partial charge on any atom is 0.414 e. The van der Waals surface area contributed by atoms with Crippen LogP contribution in [0.4, 0.5) is 5.82 Å². The monoisotopic (exact) mass is 393 g/mol. The third-order valence-corrected chi connectivity index (χ3v) is 5.04. The Morgan fingerprint density at radius 1 is 1.24 bits per heavy atom. The first-order chi connectivity index (χ1) is 14.0. The van der Waals surface area contributed by atoms with Crippen LogP contribution in [-0.2, 0) is 17.9 Å². The number of nitro groups is 1. The van der Waals surface area contributed by atoms with Crippen molar-refractivity contribution in [3.05, 3.63) is 76.0 Å². The lowest BCUT2D eigenvalue weighted by Gasteiger charge is -2.22. The van der Waals surface area contributed by atoms with Crippen LogP contribution in [-0.4, -0.2) is 27.2 Å². The summed E-state index contributed by atoms with van der Waals surface area (Å²) in [6.07, 6.45) is 1.20. The minimum atomic E-state index is -0.525. The molecule has 2 heterocycles. The van der Waals surface area contributed by atoms with Crippen molar-refractivity contribution in [1.82, 2.24) is 9.55 Å². The van der Waals surface area contributed by atoms with Gasteiger partial charge in [-0.1, -0.05) is 62.4 Å². The van der Waals surface area contributed by atoms with E-state index in [2.05, 4.69) is 67.4 Å². The molecule has 150 valence electrons. The van der Waals surface area contributed by atoms with Gasteiger partial charge in [-0.2, -0.15) is 0 Å². The smallest absolute Gasteiger partial charge is 0.414 e. The van der Waals surface area contributed by atoms with Crippen LogP contribution in [0.5, 0.6) is 6.01 Å². The van der Waals surface area contributed by atoms with Crippen LogP contribution in [0.25, 0.3) is 11.1 Å². The molecule has 1 atom stereocenters. The molecule has 7 heteroatoms. The molecule has 0 unspecified atom stereocenters. The maximum atomic E-state index is 10.8. The predicted octanol–water partition coefficient (Wildman–Crippen LogP) is 4.56. The van der Waals surface area contributed by atoms with Crippen molar-refractivity contribution in [2.24, 2.45) is 0 Å². The zero-order valence-electron chi connectivity index (χ0n) is 16.4. The molecule has 0 bridgehead atoms. The van der Waals surface area contributed by atoms with Crippen LogP contribution in [0.3, 0.4) is 0 Å². The van der Waals surface area contributed by atoms with Crippen molar-refractivity contribution < 1.29 is 14.4 Å². The quantitative estimate of drug-likeness (QED) is 0.453. The number of aromatic nitrogens is 2. The molecule has 3 aromatic rings. The first-order valence-corrected chi connectivity index (χ1v) is 9.65. The summed E-state index contributed by atoms with van der Waals surface area (Å²) >= 11 is 0. The number of hydrogen-bond acceptors (Lipinski definition) is 5. The lowest BCUT2D eigenvalue weighted by atomic mass is 9.97. The number of imidazole rings is 1. The van der Waals surface area contributed by atoms with E-state index in [0.29, 0.717) is 25.7 Å². The minimum Gasteiger partial charge on any atom is -0.443 e. The molecule has 0 spiro atoms. The molecule has 0 radical (unpaired) electrons. The number of rotatable bonds is 6. The van der Waals surface area contributed by atoms with Crippen LogP contribution in [0.2, 0.25) is 0 Å². The van der Waals surface area contributed by atoms with Gasteiger partial charge in [0.05, 0.1) is 13.2 Å². The van der Waals surface area contributed by atoms with Gasteiger partial charge >= 0.3 is 11.8 Å².